The Morgan fingerprint density at radius 1 is 1.19 bits per heavy atom. The molecular formula is C19H22NO5P. The molecule has 0 aromatic heterocycles. The van der Waals surface area contributed by atoms with Crippen LogP contribution in [0.5, 0.6) is 5.75 Å². The summed E-state index contributed by atoms with van der Waals surface area (Å²) in [4.78, 5) is 11.1. The van der Waals surface area contributed by atoms with E-state index in [2.05, 4.69) is 0 Å². The zero-order valence-electron chi connectivity index (χ0n) is 14.4. The highest BCUT2D eigenvalue weighted by Crippen LogP contribution is 2.27. The molecule has 2 atom stereocenters. The lowest BCUT2D eigenvalue weighted by Crippen LogP contribution is -2.28. The van der Waals surface area contributed by atoms with Gasteiger partial charge in [-0.3, -0.25) is 4.57 Å². The Kier molecular flexibility index (Phi) is 7.27. The van der Waals surface area contributed by atoms with Crippen molar-refractivity contribution in [2.45, 2.75) is 31.9 Å². The Morgan fingerprint density at radius 2 is 1.88 bits per heavy atom. The number of carboxylic acid groups (broad SMARTS) is 1. The van der Waals surface area contributed by atoms with Crippen molar-refractivity contribution in [3.05, 3.63) is 65.2 Å². The van der Waals surface area contributed by atoms with Crippen LogP contribution >= 0.6 is 8.61 Å². The fourth-order valence-electron chi connectivity index (χ4n) is 2.67. The van der Waals surface area contributed by atoms with Gasteiger partial charge in [-0.1, -0.05) is 24.3 Å². The van der Waals surface area contributed by atoms with Crippen LogP contribution < -0.4 is 0 Å². The number of aromatic hydroxyl groups is 1. The molecule has 0 fully saturated rings. The molecule has 0 saturated heterocycles. The number of aliphatic hydroxyl groups excluding tert-OH is 1. The van der Waals surface area contributed by atoms with Crippen LogP contribution in [-0.2, 0) is 11.0 Å². The molecule has 0 unspecified atom stereocenters. The quantitative estimate of drug-likeness (QED) is 0.579. The van der Waals surface area contributed by atoms with E-state index in [1.165, 1.54) is 6.07 Å². The fourth-order valence-corrected chi connectivity index (χ4v) is 3.20. The van der Waals surface area contributed by atoms with Gasteiger partial charge in [0.2, 0.25) is 8.61 Å². The van der Waals surface area contributed by atoms with Crippen LogP contribution in [0.2, 0.25) is 0 Å². The molecule has 7 heteroatoms. The first-order valence-corrected chi connectivity index (χ1v) is 9.06. The molecule has 3 N–H and O–H groups in total. The molecule has 2 aromatic rings. The van der Waals surface area contributed by atoms with Gasteiger partial charge in [-0.05, 0) is 55.2 Å². The predicted molar refractivity (Wildman–Crippen MR) is 98.6 cm³/mol. The monoisotopic (exact) mass is 375 g/mol. The maximum absolute atomic E-state index is 11.6. The van der Waals surface area contributed by atoms with E-state index in [0.717, 1.165) is 11.1 Å². The number of aromatic carboxylic acids is 1. The van der Waals surface area contributed by atoms with E-state index in [1.54, 1.807) is 47.1 Å². The SMILES string of the molecule is C[C@H](c1cccc(C(=O)O)c1)N(C[C@@H](O)CCc1ccc(O)cc1)P=O. The third-order valence-electron chi connectivity index (χ3n) is 4.27. The zero-order chi connectivity index (χ0) is 19.1. The van der Waals surface area contributed by atoms with Crippen molar-refractivity contribution in [2.24, 2.45) is 0 Å². The Hall–Kier alpha value is -2.27. The van der Waals surface area contributed by atoms with Crippen molar-refractivity contribution < 1.29 is 24.7 Å². The van der Waals surface area contributed by atoms with E-state index in [9.17, 15) is 19.6 Å². The third kappa shape index (κ3) is 5.63. The molecule has 0 aliphatic rings. The van der Waals surface area contributed by atoms with Crippen molar-refractivity contribution >= 4 is 14.6 Å². The number of nitrogens with zero attached hydrogens (tertiary/aromatic N) is 1. The summed E-state index contributed by atoms with van der Waals surface area (Å²) >= 11 is 0. The molecule has 2 aromatic carbocycles. The average Bonchev–Trinajstić information content (AvgIpc) is 2.65. The summed E-state index contributed by atoms with van der Waals surface area (Å²) in [5.74, 6) is -0.817. The highest BCUT2D eigenvalue weighted by molar-refractivity contribution is 7.20. The molecule has 2 rings (SSSR count). The first kappa shape index (κ1) is 20.0. The lowest BCUT2D eigenvalue weighted by molar-refractivity contribution is 0.0696. The van der Waals surface area contributed by atoms with Gasteiger partial charge < -0.3 is 15.3 Å². The highest BCUT2D eigenvalue weighted by Gasteiger charge is 2.20. The number of aryl methyl sites for hydroxylation is 1. The Labute approximate surface area is 154 Å². The molecule has 0 amide bonds. The van der Waals surface area contributed by atoms with Crippen molar-refractivity contribution in [3.8, 4) is 5.75 Å². The van der Waals surface area contributed by atoms with Crippen LogP contribution in [0.4, 0.5) is 0 Å². The maximum atomic E-state index is 11.6. The highest BCUT2D eigenvalue weighted by atomic mass is 31.1. The van der Waals surface area contributed by atoms with E-state index in [-0.39, 0.29) is 32.5 Å². The molecule has 0 aliphatic carbocycles. The normalized spacial score (nSPS) is 13.7. The number of aliphatic hydroxyl groups is 1. The number of carboxylic acids is 1. The van der Waals surface area contributed by atoms with Crippen molar-refractivity contribution in [3.63, 3.8) is 0 Å². The van der Waals surface area contributed by atoms with Gasteiger partial charge in [-0.25, -0.2) is 9.46 Å². The number of carbonyl (C=O) groups is 1. The van der Waals surface area contributed by atoms with Crippen LogP contribution in [0.1, 0.15) is 40.9 Å². The first-order chi connectivity index (χ1) is 12.4. The number of phenolic OH excluding ortho intramolecular Hbond substituents is 1. The predicted octanol–water partition coefficient (Wildman–Crippen LogP) is 3.65. The standard InChI is InChI=1S/C19H22NO5P/c1-13(15-3-2-4-16(11-15)19(23)24)20(26-25)12-18(22)10-7-14-5-8-17(21)9-6-14/h2-6,8-9,11,13,18,21-22H,7,10,12H2,1H3,(H,23,24)/t13-,18+/m1/s1. The summed E-state index contributed by atoms with van der Waals surface area (Å²) in [6, 6.07) is 13.0. The van der Waals surface area contributed by atoms with E-state index < -0.39 is 12.1 Å². The van der Waals surface area contributed by atoms with Gasteiger partial charge in [0.15, 0.2) is 0 Å². The van der Waals surface area contributed by atoms with E-state index in [0.29, 0.717) is 12.8 Å². The summed E-state index contributed by atoms with van der Waals surface area (Å²) in [7, 11) is -0.234. The molecule has 26 heavy (non-hydrogen) atoms. The summed E-state index contributed by atoms with van der Waals surface area (Å²) in [5.41, 5.74) is 1.89. The largest absolute Gasteiger partial charge is 0.508 e. The lowest BCUT2D eigenvalue weighted by Gasteiger charge is -2.25. The lowest BCUT2D eigenvalue weighted by atomic mass is 10.0. The summed E-state index contributed by atoms with van der Waals surface area (Å²) in [5, 5.41) is 28.7. The third-order valence-corrected chi connectivity index (χ3v) is 4.99. The second kappa shape index (κ2) is 9.43. The smallest absolute Gasteiger partial charge is 0.335 e. The fraction of sp³-hybridized carbons (Fsp3) is 0.316. The number of hydrogen-bond acceptors (Lipinski definition) is 4. The van der Waals surface area contributed by atoms with Crippen LogP contribution in [-0.4, -0.2) is 38.6 Å². The van der Waals surface area contributed by atoms with Crippen molar-refractivity contribution in [2.75, 3.05) is 6.54 Å². The van der Waals surface area contributed by atoms with Crippen LogP contribution in [0.25, 0.3) is 0 Å². The zero-order valence-corrected chi connectivity index (χ0v) is 15.3. The van der Waals surface area contributed by atoms with Gasteiger partial charge in [0, 0.05) is 12.6 Å². The molecule has 6 nitrogen and oxygen atoms in total. The first-order valence-electron chi connectivity index (χ1n) is 8.30. The van der Waals surface area contributed by atoms with Crippen molar-refractivity contribution in [1.29, 1.82) is 0 Å². The molecule has 138 valence electrons. The van der Waals surface area contributed by atoms with Crippen LogP contribution in [0.3, 0.4) is 0 Å². The maximum Gasteiger partial charge on any atom is 0.335 e. The van der Waals surface area contributed by atoms with Gasteiger partial charge in [0.1, 0.15) is 5.75 Å². The molecule has 0 bridgehead atoms. The Bertz CT molecular complexity index is 750. The number of phenols is 1. The van der Waals surface area contributed by atoms with E-state index >= 15 is 0 Å². The molecule has 0 heterocycles. The molecule has 0 radical (unpaired) electrons. The molecule has 0 saturated carbocycles. The second-order valence-corrected chi connectivity index (χ2v) is 6.85. The van der Waals surface area contributed by atoms with Gasteiger partial charge in [0.05, 0.1) is 11.7 Å². The van der Waals surface area contributed by atoms with Gasteiger partial charge in [-0.15, -0.1) is 0 Å². The summed E-state index contributed by atoms with van der Waals surface area (Å²) in [6.07, 6.45) is 0.433. The second-order valence-electron chi connectivity index (χ2n) is 6.17. The average molecular weight is 375 g/mol. The van der Waals surface area contributed by atoms with E-state index in [1.807, 2.05) is 6.92 Å². The molecule has 0 aliphatic heterocycles. The Morgan fingerprint density at radius 3 is 2.50 bits per heavy atom. The van der Waals surface area contributed by atoms with Crippen molar-refractivity contribution in [1.82, 2.24) is 4.67 Å². The van der Waals surface area contributed by atoms with Crippen LogP contribution in [0.15, 0.2) is 48.5 Å². The number of hydrogen-bond donors (Lipinski definition) is 3. The number of rotatable bonds is 9. The molecular weight excluding hydrogens is 353 g/mol. The minimum Gasteiger partial charge on any atom is -0.508 e. The topological polar surface area (TPSA) is 98.1 Å². The minimum absolute atomic E-state index is 0.171. The van der Waals surface area contributed by atoms with Crippen LogP contribution in [0, 0.1) is 0 Å². The summed E-state index contributed by atoms with van der Waals surface area (Å²) in [6.45, 7) is 2.01. The molecule has 0 spiro atoms. The summed E-state index contributed by atoms with van der Waals surface area (Å²) < 4.78 is 13.1. The van der Waals surface area contributed by atoms with Gasteiger partial charge in [0.25, 0.3) is 0 Å². The number of benzene rings is 2. The minimum atomic E-state index is -1.01. The van der Waals surface area contributed by atoms with Gasteiger partial charge >= 0.3 is 5.97 Å². The Balaban J connectivity index is 1.96. The van der Waals surface area contributed by atoms with E-state index in [4.69, 9.17) is 5.11 Å². The van der Waals surface area contributed by atoms with Gasteiger partial charge in [-0.2, -0.15) is 0 Å².